The number of rotatable bonds is 6. The first-order valence-corrected chi connectivity index (χ1v) is 9.48. The Morgan fingerprint density at radius 3 is 2.93 bits per heavy atom. The summed E-state index contributed by atoms with van der Waals surface area (Å²) in [4.78, 5) is 4.57. The summed E-state index contributed by atoms with van der Waals surface area (Å²) < 4.78 is 22.6. The molecule has 0 aliphatic carbocycles. The lowest BCUT2D eigenvalue weighted by atomic mass is 10.3. The predicted octanol–water partition coefficient (Wildman–Crippen LogP) is 4.13. The highest BCUT2D eigenvalue weighted by Crippen LogP contribution is 2.26. The molecule has 0 atom stereocenters. The molecule has 0 aliphatic heterocycles. The number of aromatic nitrogens is 5. The molecule has 1 aromatic carbocycles. The van der Waals surface area contributed by atoms with Gasteiger partial charge in [0, 0.05) is 25.2 Å². The van der Waals surface area contributed by atoms with Crippen molar-refractivity contribution in [3.8, 4) is 5.75 Å². The largest absolute Gasteiger partial charge is 0.484 e. The predicted molar refractivity (Wildman–Crippen MR) is 101 cm³/mol. The number of hydrogen-bond acceptors (Lipinski definition) is 5. The van der Waals surface area contributed by atoms with E-state index in [1.54, 1.807) is 11.8 Å². The SMILES string of the molecule is Cn1c(COc2ccc(F)cc2Cl)nnc1SCc1cn2ccccc2n1. The zero-order chi connectivity index (χ0) is 18.8. The minimum absolute atomic E-state index is 0.184. The van der Waals surface area contributed by atoms with Crippen molar-refractivity contribution in [1.29, 1.82) is 0 Å². The molecule has 3 aromatic heterocycles. The first-order chi connectivity index (χ1) is 13.1. The van der Waals surface area contributed by atoms with Gasteiger partial charge in [-0.25, -0.2) is 9.37 Å². The van der Waals surface area contributed by atoms with Crippen molar-refractivity contribution in [1.82, 2.24) is 24.1 Å². The van der Waals surface area contributed by atoms with E-state index in [-0.39, 0.29) is 11.6 Å². The van der Waals surface area contributed by atoms with Gasteiger partial charge in [-0.15, -0.1) is 10.2 Å². The first kappa shape index (κ1) is 17.8. The number of halogens is 2. The number of fused-ring (bicyclic) bond motifs is 1. The van der Waals surface area contributed by atoms with Crippen molar-refractivity contribution in [2.75, 3.05) is 0 Å². The summed E-state index contributed by atoms with van der Waals surface area (Å²) in [7, 11) is 1.87. The Balaban J connectivity index is 1.41. The van der Waals surface area contributed by atoms with Gasteiger partial charge in [0.05, 0.1) is 10.7 Å². The van der Waals surface area contributed by atoms with Gasteiger partial charge in [-0.2, -0.15) is 0 Å². The molecule has 0 amide bonds. The van der Waals surface area contributed by atoms with Crippen molar-refractivity contribution >= 4 is 29.0 Å². The highest BCUT2D eigenvalue weighted by atomic mass is 35.5. The van der Waals surface area contributed by atoms with Crippen LogP contribution in [0.25, 0.3) is 5.65 Å². The molecule has 0 fully saturated rings. The van der Waals surface area contributed by atoms with Gasteiger partial charge in [-0.1, -0.05) is 29.4 Å². The number of nitrogens with zero attached hydrogens (tertiary/aromatic N) is 5. The van der Waals surface area contributed by atoms with Crippen molar-refractivity contribution in [3.63, 3.8) is 0 Å². The fraction of sp³-hybridized carbons (Fsp3) is 0.167. The van der Waals surface area contributed by atoms with Crippen LogP contribution in [0.4, 0.5) is 4.39 Å². The van der Waals surface area contributed by atoms with E-state index in [9.17, 15) is 4.39 Å². The molecule has 0 saturated carbocycles. The average molecular weight is 404 g/mol. The van der Waals surface area contributed by atoms with E-state index in [2.05, 4.69) is 15.2 Å². The Labute approximate surface area is 164 Å². The van der Waals surface area contributed by atoms with Gasteiger partial charge in [0.25, 0.3) is 0 Å². The average Bonchev–Trinajstić information content (AvgIpc) is 3.22. The zero-order valence-electron chi connectivity index (χ0n) is 14.3. The highest BCUT2D eigenvalue weighted by Gasteiger charge is 2.12. The van der Waals surface area contributed by atoms with Gasteiger partial charge in [0.1, 0.15) is 23.8 Å². The fourth-order valence-corrected chi connectivity index (χ4v) is 3.56. The molecular formula is C18H15ClFN5OS. The third-order valence-corrected chi connectivity index (χ3v) is 5.29. The van der Waals surface area contributed by atoms with E-state index in [4.69, 9.17) is 16.3 Å². The summed E-state index contributed by atoms with van der Waals surface area (Å²) in [5.74, 6) is 1.32. The molecule has 0 bridgehead atoms. The van der Waals surface area contributed by atoms with Gasteiger partial charge < -0.3 is 13.7 Å². The van der Waals surface area contributed by atoms with E-state index in [0.717, 1.165) is 16.5 Å². The number of thioether (sulfide) groups is 1. The molecule has 4 aromatic rings. The number of imidazole rings is 1. The molecule has 0 unspecified atom stereocenters. The number of benzene rings is 1. The Hall–Kier alpha value is -2.58. The van der Waals surface area contributed by atoms with Crippen LogP contribution < -0.4 is 4.74 Å². The number of pyridine rings is 1. The summed E-state index contributed by atoms with van der Waals surface area (Å²) >= 11 is 7.52. The molecule has 0 spiro atoms. The lowest BCUT2D eigenvalue weighted by Crippen LogP contribution is -2.04. The summed E-state index contributed by atoms with van der Waals surface area (Å²) in [6.45, 7) is 0.184. The first-order valence-electron chi connectivity index (χ1n) is 8.11. The van der Waals surface area contributed by atoms with E-state index >= 15 is 0 Å². The third kappa shape index (κ3) is 3.91. The molecule has 138 valence electrons. The highest BCUT2D eigenvalue weighted by molar-refractivity contribution is 7.98. The Kier molecular flexibility index (Phi) is 5.00. The van der Waals surface area contributed by atoms with Gasteiger partial charge in [0.2, 0.25) is 0 Å². The van der Waals surface area contributed by atoms with Crippen LogP contribution in [0.5, 0.6) is 5.75 Å². The standard InChI is InChI=1S/C18H15ClFN5OS/c1-24-17(10-26-15-6-5-12(20)8-14(15)19)22-23-18(24)27-11-13-9-25-7-3-2-4-16(25)21-13/h2-9H,10-11H2,1H3. The minimum atomic E-state index is -0.406. The zero-order valence-corrected chi connectivity index (χ0v) is 15.9. The van der Waals surface area contributed by atoms with Crippen LogP contribution in [0.15, 0.2) is 53.9 Å². The topological polar surface area (TPSA) is 57.2 Å². The van der Waals surface area contributed by atoms with Gasteiger partial charge in [0.15, 0.2) is 11.0 Å². The van der Waals surface area contributed by atoms with Crippen LogP contribution in [-0.4, -0.2) is 24.1 Å². The molecule has 9 heteroatoms. The van der Waals surface area contributed by atoms with Crippen LogP contribution in [0.3, 0.4) is 0 Å². The second-order valence-corrected chi connectivity index (χ2v) is 7.16. The van der Waals surface area contributed by atoms with Crippen LogP contribution >= 0.6 is 23.4 Å². The molecule has 6 nitrogen and oxygen atoms in total. The maximum atomic E-state index is 13.1. The number of hydrogen-bond donors (Lipinski definition) is 0. The van der Waals surface area contributed by atoms with Crippen molar-refractivity contribution in [2.45, 2.75) is 17.5 Å². The number of ether oxygens (including phenoxy) is 1. The smallest absolute Gasteiger partial charge is 0.191 e. The monoisotopic (exact) mass is 403 g/mol. The van der Waals surface area contributed by atoms with Crippen LogP contribution in [0.2, 0.25) is 5.02 Å². The molecule has 27 heavy (non-hydrogen) atoms. The lowest BCUT2D eigenvalue weighted by molar-refractivity contribution is 0.290. The van der Waals surface area contributed by atoms with Gasteiger partial charge in [-0.05, 0) is 30.3 Å². The molecule has 0 saturated heterocycles. The molecular weight excluding hydrogens is 389 g/mol. The van der Waals surface area contributed by atoms with E-state index in [0.29, 0.717) is 17.3 Å². The summed E-state index contributed by atoms with van der Waals surface area (Å²) in [5, 5.41) is 9.34. The quantitative estimate of drug-likeness (QED) is 0.453. The van der Waals surface area contributed by atoms with Crippen LogP contribution in [0.1, 0.15) is 11.5 Å². The van der Waals surface area contributed by atoms with E-state index in [1.165, 1.54) is 18.2 Å². The summed E-state index contributed by atoms with van der Waals surface area (Å²) in [5.41, 5.74) is 1.88. The molecule has 0 radical (unpaired) electrons. The minimum Gasteiger partial charge on any atom is -0.484 e. The fourth-order valence-electron chi connectivity index (χ4n) is 2.53. The molecule has 0 aliphatic rings. The Bertz CT molecular complexity index is 1060. The summed E-state index contributed by atoms with van der Waals surface area (Å²) in [6.07, 6.45) is 3.97. The van der Waals surface area contributed by atoms with E-state index < -0.39 is 5.82 Å². The second-order valence-electron chi connectivity index (χ2n) is 5.81. The molecule has 4 rings (SSSR count). The maximum Gasteiger partial charge on any atom is 0.191 e. The van der Waals surface area contributed by atoms with Crippen LogP contribution in [-0.2, 0) is 19.4 Å². The lowest BCUT2D eigenvalue weighted by Gasteiger charge is -2.08. The van der Waals surface area contributed by atoms with E-state index in [1.807, 2.05) is 46.6 Å². The molecule has 3 heterocycles. The van der Waals surface area contributed by atoms with Gasteiger partial charge >= 0.3 is 0 Å². The third-order valence-electron chi connectivity index (χ3n) is 3.94. The van der Waals surface area contributed by atoms with Crippen molar-refractivity contribution < 1.29 is 9.13 Å². The summed E-state index contributed by atoms with van der Waals surface area (Å²) in [6, 6.07) is 9.90. The van der Waals surface area contributed by atoms with Gasteiger partial charge in [-0.3, -0.25) is 0 Å². The normalized spacial score (nSPS) is 11.2. The molecule has 0 N–H and O–H groups in total. The van der Waals surface area contributed by atoms with Crippen molar-refractivity contribution in [2.24, 2.45) is 7.05 Å². The van der Waals surface area contributed by atoms with Crippen molar-refractivity contribution in [3.05, 3.63) is 71.2 Å². The van der Waals surface area contributed by atoms with Crippen LogP contribution in [0, 0.1) is 5.82 Å². The Morgan fingerprint density at radius 1 is 1.22 bits per heavy atom. The maximum absolute atomic E-state index is 13.1. The Morgan fingerprint density at radius 2 is 2.11 bits per heavy atom. The second kappa shape index (κ2) is 7.58.